The molecule has 20 heavy (non-hydrogen) atoms. The largest absolute Gasteiger partial charge is 0.215 e. The fourth-order valence-corrected chi connectivity index (χ4v) is 2.86. The van der Waals surface area contributed by atoms with E-state index >= 15 is 0 Å². The normalized spacial score (nSPS) is 12.7. The molecule has 6 nitrogen and oxygen atoms in total. The zero-order valence-electron chi connectivity index (χ0n) is 12.5. The lowest BCUT2D eigenvalue weighted by Crippen LogP contribution is -2.22. The summed E-state index contributed by atoms with van der Waals surface area (Å²) in [5.74, 6) is 0. The van der Waals surface area contributed by atoms with Gasteiger partial charge in [0, 0.05) is 13.1 Å². The van der Waals surface area contributed by atoms with Crippen LogP contribution in [0.4, 0.5) is 0 Å². The molecule has 0 bridgehead atoms. The van der Waals surface area contributed by atoms with Gasteiger partial charge in [-0.15, -0.1) is 0 Å². The highest BCUT2D eigenvalue weighted by Crippen LogP contribution is 2.08. The van der Waals surface area contributed by atoms with Gasteiger partial charge in [-0.3, -0.25) is 0 Å². The van der Waals surface area contributed by atoms with Crippen molar-refractivity contribution in [3.8, 4) is 0 Å². The van der Waals surface area contributed by atoms with Crippen LogP contribution >= 0.6 is 0 Å². The van der Waals surface area contributed by atoms with Gasteiger partial charge in [0.05, 0.1) is 12.5 Å². The van der Waals surface area contributed by atoms with Gasteiger partial charge < -0.3 is 0 Å². The lowest BCUT2D eigenvalue weighted by molar-refractivity contribution is 0.551. The first-order valence-corrected chi connectivity index (χ1v) is 10.9. The molecular formula is C12H28N2O4S2. The van der Waals surface area contributed by atoms with Crippen molar-refractivity contribution in [2.24, 2.45) is 0 Å². The summed E-state index contributed by atoms with van der Waals surface area (Å²) in [4.78, 5) is 0. The molecule has 0 atom stereocenters. The minimum Gasteiger partial charge on any atom is -0.215 e. The van der Waals surface area contributed by atoms with Crippen molar-refractivity contribution < 1.29 is 16.8 Å². The summed E-state index contributed by atoms with van der Waals surface area (Å²) in [5, 5.41) is 0. The highest BCUT2D eigenvalue weighted by atomic mass is 32.2. The summed E-state index contributed by atoms with van der Waals surface area (Å²) in [6.45, 7) is 1.05. The maximum atomic E-state index is 10.8. The zero-order chi connectivity index (χ0) is 15.5. The Morgan fingerprint density at radius 2 is 0.800 bits per heavy atom. The van der Waals surface area contributed by atoms with Crippen LogP contribution in [0.3, 0.4) is 0 Å². The summed E-state index contributed by atoms with van der Waals surface area (Å²) in [5.41, 5.74) is 0. The Balaban J connectivity index is 3.18. The fourth-order valence-electron chi connectivity index (χ4n) is 1.83. The Morgan fingerprint density at radius 1 is 0.550 bits per heavy atom. The Labute approximate surface area is 123 Å². The molecule has 2 N–H and O–H groups in total. The highest BCUT2D eigenvalue weighted by molar-refractivity contribution is 7.89. The van der Waals surface area contributed by atoms with Crippen LogP contribution in [0.1, 0.15) is 51.4 Å². The predicted molar refractivity (Wildman–Crippen MR) is 82.6 cm³/mol. The van der Waals surface area contributed by atoms with E-state index in [0.717, 1.165) is 51.4 Å². The Bertz CT molecular complexity index is 390. The first kappa shape index (κ1) is 19.8. The third kappa shape index (κ3) is 17.8. The van der Waals surface area contributed by atoms with Crippen LogP contribution in [0, 0.1) is 0 Å². The van der Waals surface area contributed by atoms with E-state index in [9.17, 15) is 16.8 Å². The van der Waals surface area contributed by atoms with Gasteiger partial charge in [0.2, 0.25) is 20.0 Å². The van der Waals surface area contributed by atoms with E-state index in [-0.39, 0.29) is 0 Å². The number of rotatable bonds is 13. The number of sulfonamides is 2. The van der Waals surface area contributed by atoms with E-state index < -0.39 is 20.0 Å². The quantitative estimate of drug-likeness (QED) is 0.497. The molecule has 0 rings (SSSR count). The number of nitrogens with one attached hydrogen (secondary N) is 2. The molecule has 0 unspecified atom stereocenters. The smallest absolute Gasteiger partial charge is 0.208 e. The summed E-state index contributed by atoms with van der Waals surface area (Å²) < 4.78 is 48.1. The molecule has 0 amide bonds. The third-order valence-corrected chi connectivity index (χ3v) is 4.29. The van der Waals surface area contributed by atoms with Gasteiger partial charge in [0.1, 0.15) is 0 Å². The van der Waals surface area contributed by atoms with Crippen molar-refractivity contribution in [1.82, 2.24) is 9.44 Å². The second kappa shape index (κ2) is 10.5. The Kier molecular flexibility index (Phi) is 10.4. The molecular weight excluding hydrogens is 300 g/mol. The molecule has 0 saturated carbocycles. The fraction of sp³-hybridized carbons (Fsp3) is 1.00. The van der Waals surface area contributed by atoms with Crippen molar-refractivity contribution in [1.29, 1.82) is 0 Å². The minimum absolute atomic E-state index is 0.524. The van der Waals surface area contributed by atoms with Gasteiger partial charge in [-0.25, -0.2) is 26.3 Å². The third-order valence-electron chi connectivity index (χ3n) is 2.83. The molecule has 0 heterocycles. The van der Waals surface area contributed by atoms with Crippen molar-refractivity contribution in [2.75, 3.05) is 25.6 Å². The van der Waals surface area contributed by atoms with Crippen LogP contribution < -0.4 is 9.44 Å². The molecule has 0 aromatic heterocycles. The second-order valence-electron chi connectivity index (χ2n) is 5.16. The SMILES string of the molecule is CS(=O)(=O)NCCCCCCCCCCNS(C)(=O)=O. The van der Waals surface area contributed by atoms with Gasteiger partial charge in [-0.05, 0) is 12.8 Å². The Morgan fingerprint density at radius 3 is 1.05 bits per heavy atom. The molecule has 0 spiro atoms. The van der Waals surface area contributed by atoms with E-state index in [2.05, 4.69) is 9.44 Å². The molecule has 0 aliphatic heterocycles. The topological polar surface area (TPSA) is 92.3 Å². The van der Waals surface area contributed by atoms with Crippen LogP contribution in [0.15, 0.2) is 0 Å². The second-order valence-corrected chi connectivity index (χ2v) is 8.83. The van der Waals surface area contributed by atoms with Gasteiger partial charge >= 0.3 is 0 Å². The van der Waals surface area contributed by atoms with Gasteiger partial charge in [0.15, 0.2) is 0 Å². The number of hydrogen-bond donors (Lipinski definition) is 2. The van der Waals surface area contributed by atoms with Crippen molar-refractivity contribution >= 4 is 20.0 Å². The summed E-state index contributed by atoms with van der Waals surface area (Å²) in [6, 6.07) is 0. The van der Waals surface area contributed by atoms with Crippen LogP contribution in [0.5, 0.6) is 0 Å². The van der Waals surface area contributed by atoms with E-state index in [1.54, 1.807) is 0 Å². The lowest BCUT2D eigenvalue weighted by Gasteiger charge is -2.04. The molecule has 8 heteroatoms. The van der Waals surface area contributed by atoms with Crippen LogP contribution in [0.25, 0.3) is 0 Å². The average molecular weight is 328 g/mol. The van der Waals surface area contributed by atoms with E-state index in [4.69, 9.17) is 0 Å². The van der Waals surface area contributed by atoms with E-state index in [1.807, 2.05) is 0 Å². The van der Waals surface area contributed by atoms with Crippen LogP contribution in [-0.2, 0) is 20.0 Å². The molecule has 0 saturated heterocycles. The van der Waals surface area contributed by atoms with E-state index in [0.29, 0.717) is 13.1 Å². The summed E-state index contributed by atoms with van der Waals surface area (Å²) in [7, 11) is -6.09. The molecule has 0 fully saturated rings. The zero-order valence-corrected chi connectivity index (χ0v) is 14.2. The molecule has 0 radical (unpaired) electrons. The maximum Gasteiger partial charge on any atom is 0.208 e. The Hall–Kier alpha value is -0.180. The lowest BCUT2D eigenvalue weighted by atomic mass is 10.1. The first-order chi connectivity index (χ1) is 9.21. The summed E-state index contributed by atoms with van der Waals surface area (Å²) >= 11 is 0. The monoisotopic (exact) mass is 328 g/mol. The maximum absolute atomic E-state index is 10.8. The van der Waals surface area contributed by atoms with Crippen molar-refractivity contribution in [3.63, 3.8) is 0 Å². The predicted octanol–water partition coefficient (Wildman–Crippen LogP) is 1.21. The van der Waals surface area contributed by atoms with Gasteiger partial charge in [-0.2, -0.15) is 0 Å². The highest BCUT2D eigenvalue weighted by Gasteiger charge is 1.99. The average Bonchev–Trinajstić information content (AvgIpc) is 2.27. The molecule has 122 valence electrons. The molecule has 0 aliphatic rings. The summed E-state index contributed by atoms with van der Waals surface area (Å²) in [6.07, 6.45) is 10.7. The molecule has 0 aromatic carbocycles. The molecule has 0 aromatic rings. The van der Waals surface area contributed by atoms with E-state index in [1.165, 1.54) is 12.5 Å². The number of hydrogen-bond acceptors (Lipinski definition) is 4. The van der Waals surface area contributed by atoms with Gasteiger partial charge in [0.25, 0.3) is 0 Å². The molecule has 0 aliphatic carbocycles. The van der Waals surface area contributed by atoms with Crippen LogP contribution in [-0.4, -0.2) is 42.4 Å². The van der Waals surface area contributed by atoms with Gasteiger partial charge in [-0.1, -0.05) is 38.5 Å². The van der Waals surface area contributed by atoms with Crippen molar-refractivity contribution in [2.45, 2.75) is 51.4 Å². The minimum atomic E-state index is -3.04. The van der Waals surface area contributed by atoms with Crippen molar-refractivity contribution in [3.05, 3.63) is 0 Å². The number of unbranched alkanes of at least 4 members (excludes halogenated alkanes) is 7. The first-order valence-electron chi connectivity index (χ1n) is 7.10. The van der Waals surface area contributed by atoms with Crippen LogP contribution in [0.2, 0.25) is 0 Å². The standard InChI is InChI=1S/C12H28N2O4S2/c1-19(15,16)13-11-9-7-5-3-4-6-8-10-12-14-20(2,17)18/h13-14H,3-12H2,1-2H3.